The van der Waals surface area contributed by atoms with Crippen molar-refractivity contribution in [2.45, 2.75) is 20.8 Å². The zero-order valence-corrected chi connectivity index (χ0v) is 15.0. The molecular formula is C16H20ClN5O3. The van der Waals surface area contributed by atoms with Crippen LogP contribution in [0.4, 0.5) is 5.82 Å². The topological polar surface area (TPSA) is 101 Å². The van der Waals surface area contributed by atoms with Crippen LogP contribution in [0.3, 0.4) is 0 Å². The fraction of sp³-hybridized carbons (Fsp3) is 0.375. The van der Waals surface area contributed by atoms with Gasteiger partial charge in [-0.15, -0.1) is 0 Å². The van der Waals surface area contributed by atoms with E-state index in [1.807, 2.05) is 6.92 Å². The lowest BCUT2D eigenvalue weighted by Crippen LogP contribution is -2.13. The largest absolute Gasteiger partial charge is 0.490 e. The number of ether oxygens (including phenoxy) is 2. The van der Waals surface area contributed by atoms with Crippen molar-refractivity contribution in [3.05, 3.63) is 39.4 Å². The van der Waals surface area contributed by atoms with Crippen molar-refractivity contribution < 1.29 is 9.47 Å². The van der Waals surface area contributed by atoms with Crippen molar-refractivity contribution >= 4 is 23.6 Å². The Hall–Kier alpha value is -2.61. The maximum Gasteiger partial charge on any atom is 0.363 e. The molecule has 2 N–H and O–H groups in total. The summed E-state index contributed by atoms with van der Waals surface area (Å²) in [4.78, 5) is 14.7. The molecule has 0 atom stereocenters. The highest BCUT2D eigenvalue weighted by molar-refractivity contribution is 6.32. The van der Waals surface area contributed by atoms with Crippen molar-refractivity contribution in [1.29, 1.82) is 0 Å². The maximum atomic E-state index is 11.1. The summed E-state index contributed by atoms with van der Waals surface area (Å²) in [6.45, 7) is 7.01. The predicted octanol–water partition coefficient (Wildman–Crippen LogP) is 2.70. The molecule has 0 aliphatic rings. The van der Waals surface area contributed by atoms with Crippen LogP contribution in [-0.2, 0) is 0 Å². The van der Waals surface area contributed by atoms with Crippen molar-refractivity contribution in [2.24, 2.45) is 11.0 Å². The molecule has 0 unspecified atom stereocenters. The summed E-state index contributed by atoms with van der Waals surface area (Å²) in [7, 11) is 0. The maximum absolute atomic E-state index is 11.1. The van der Waals surface area contributed by atoms with Gasteiger partial charge in [0, 0.05) is 0 Å². The lowest BCUT2D eigenvalue weighted by Gasteiger charge is -2.15. The zero-order valence-electron chi connectivity index (χ0n) is 14.2. The predicted molar refractivity (Wildman–Crippen MR) is 96.8 cm³/mol. The van der Waals surface area contributed by atoms with Gasteiger partial charge in [0.2, 0.25) is 0 Å². The molecule has 0 aliphatic carbocycles. The summed E-state index contributed by atoms with van der Waals surface area (Å²) < 4.78 is 11.4. The van der Waals surface area contributed by atoms with Crippen LogP contribution in [-0.4, -0.2) is 34.6 Å². The smallest absolute Gasteiger partial charge is 0.363 e. The highest BCUT2D eigenvalue weighted by atomic mass is 35.5. The Bertz CT molecular complexity index is 792. The Balaban J connectivity index is 2.17. The highest BCUT2D eigenvalue weighted by Crippen LogP contribution is 2.36. The molecular weight excluding hydrogens is 346 g/mol. The van der Waals surface area contributed by atoms with E-state index < -0.39 is 5.69 Å². The summed E-state index contributed by atoms with van der Waals surface area (Å²) >= 11 is 6.32. The molecule has 0 amide bonds. The standard InChI is InChI=1S/C16H20ClN5O3/c1-4-24-13-6-11(5-12(17)15(13)25-9-10(2)3)7-18-21-14-8-19-22-16(23)20-14/h5-8,10H,4,9H2,1-3H3,(H2,20,21,22,23)/b18-7+. The van der Waals surface area contributed by atoms with Crippen molar-refractivity contribution in [3.8, 4) is 11.5 Å². The number of rotatable bonds is 8. The lowest BCUT2D eigenvalue weighted by atomic mass is 10.2. The zero-order chi connectivity index (χ0) is 18.2. The Morgan fingerprint density at radius 1 is 1.40 bits per heavy atom. The Morgan fingerprint density at radius 3 is 2.88 bits per heavy atom. The summed E-state index contributed by atoms with van der Waals surface area (Å²) in [6, 6.07) is 3.49. The van der Waals surface area contributed by atoms with E-state index in [0.29, 0.717) is 41.2 Å². The molecule has 0 fully saturated rings. The first-order valence-electron chi connectivity index (χ1n) is 7.79. The quantitative estimate of drug-likeness (QED) is 0.551. The number of aromatic amines is 1. The summed E-state index contributed by atoms with van der Waals surface area (Å²) in [5.74, 6) is 1.66. The number of nitrogens with zero attached hydrogens (tertiary/aromatic N) is 3. The van der Waals surface area contributed by atoms with Gasteiger partial charge in [-0.3, -0.25) is 5.43 Å². The van der Waals surface area contributed by atoms with Crippen molar-refractivity contribution in [1.82, 2.24) is 15.2 Å². The van der Waals surface area contributed by atoms with Crippen LogP contribution in [0.5, 0.6) is 11.5 Å². The number of aromatic nitrogens is 3. The molecule has 1 aromatic carbocycles. The molecule has 1 heterocycles. The molecule has 1 aromatic heterocycles. The molecule has 2 rings (SSSR count). The molecule has 0 aliphatic heterocycles. The molecule has 9 heteroatoms. The van der Waals surface area contributed by atoms with Crippen LogP contribution in [0.2, 0.25) is 5.02 Å². The van der Waals surface area contributed by atoms with Gasteiger partial charge < -0.3 is 9.47 Å². The second kappa shape index (κ2) is 9.03. The first kappa shape index (κ1) is 18.7. The van der Waals surface area contributed by atoms with Gasteiger partial charge >= 0.3 is 5.69 Å². The van der Waals surface area contributed by atoms with Gasteiger partial charge in [-0.2, -0.15) is 15.2 Å². The van der Waals surface area contributed by atoms with Crippen molar-refractivity contribution in [3.63, 3.8) is 0 Å². The van der Waals surface area contributed by atoms with Crippen LogP contribution in [0.1, 0.15) is 26.3 Å². The average molecular weight is 366 g/mol. The van der Waals surface area contributed by atoms with E-state index in [1.165, 1.54) is 12.4 Å². The first-order chi connectivity index (χ1) is 12.0. The lowest BCUT2D eigenvalue weighted by molar-refractivity contribution is 0.248. The van der Waals surface area contributed by atoms with E-state index in [2.05, 4.69) is 39.6 Å². The molecule has 0 spiro atoms. The summed E-state index contributed by atoms with van der Waals surface area (Å²) in [5.41, 5.74) is 2.76. The van der Waals surface area contributed by atoms with Gasteiger partial charge in [-0.05, 0) is 30.5 Å². The molecule has 2 aromatic rings. The monoisotopic (exact) mass is 365 g/mol. The Morgan fingerprint density at radius 2 is 2.20 bits per heavy atom. The van der Waals surface area contributed by atoms with E-state index in [1.54, 1.807) is 12.1 Å². The first-order valence-corrected chi connectivity index (χ1v) is 8.17. The number of hydrogen-bond donors (Lipinski definition) is 2. The van der Waals surface area contributed by atoms with Gasteiger partial charge in [-0.1, -0.05) is 25.4 Å². The van der Waals surface area contributed by atoms with Gasteiger partial charge in [-0.25, -0.2) is 9.89 Å². The second-order valence-corrected chi connectivity index (χ2v) is 5.92. The number of hydrogen-bond acceptors (Lipinski definition) is 7. The van der Waals surface area contributed by atoms with E-state index in [9.17, 15) is 4.79 Å². The van der Waals surface area contributed by atoms with E-state index >= 15 is 0 Å². The minimum atomic E-state index is -0.562. The normalized spacial score (nSPS) is 11.1. The Labute approximate surface area is 150 Å². The number of H-pyrrole nitrogens is 1. The summed E-state index contributed by atoms with van der Waals surface area (Å²) in [5, 5.41) is 10.2. The minimum absolute atomic E-state index is 0.230. The van der Waals surface area contributed by atoms with E-state index in [0.717, 1.165) is 0 Å². The second-order valence-electron chi connectivity index (χ2n) is 5.51. The fourth-order valence-corrected chi connectivity index (χ4v) is 2.13. The van der Waals surface area contributed by atoms with Crippen LogP contribution >= 0.6 is 11.6 Å². The average Bonchev–Trinajstić information content (AvgIpc) is 2.54. The van der Waals surface area contributed by atoms with Crippen LogP contribution in [0.15, 0.2) is 28.2 Å². The minimum Gasteiger partial charge on any atom is -0.490 e. The van der Waals surface area contributed by atoms with Gasteiger partial charge in [0.15, 0.2) is 17.3 Å². The molecule has 8 nitrogen and oxygen atoms in total. The molecule has 134 valence electrons. The third kappa shape index (κ3) is 5.75. The third-order valence-electron chi connectivity index (χ3n) is 2.85. The van der Waals surface area contributed by atoms with Gasteiger partial charge in [0.05, 0.1) is 30.6 Å². The SMILES string of the molecule is CCOc1cc(/C=N/Nc2cn[nH]c(=O)n2)cc(Cl)c1OCC(C)C. The van der Waals surface area contributed by atoms with E-state index in [4.69, 9.17) is 21.1 Å². The number of benzene rings is 1. The fourth-order valence-electron chi connectivity index (χ4n) is 1.85. The number of hydrazone groups is 1. The van der Waals surface area contributed by atoms with Crippen LogP contribution in [0.25, 0.3) is 0 Å². The number of halogens is 1. The molecule has 0 radical (unpaired) electrons. The van der Waals surface area contributed by atoms with Crippen LogP contribution < -0.4 is 20.6 Å². The molecule has 0 saturated heterocycles. The number of anilines is 1. The number of nitrogens with one attached hydrogen (secondary N) is 2. The molecule has 25 heavy (non-hydrogen) atoms. The van der Waals surface area contributed by atoms with Gasteiger partial charge in [0.1, 0.15) is 0 Å². The van der Waals surface area contributed by atoms with Crippen molar-refractivity contribution in [2.75, 3.05) is 18.6 Å². The van der Waals surface area contributed by atoms with Gasteiger partial charge in [0.25, 0.3) is 0 Å². The highest BCUT2D eigenvalue weighted by Gasteiger charge is 2.12. The summed E-state index contributed by atoms with van der Waals surface area (Å²) in [6.07, 6.45) is 2.88. The molecule has 0 bridgehead atoms. The van der Waals surface area contributed by atoms with E-state index in [-0.39, 0.29) is 5.82 Å². The Kier molecular flexibility index (Phi) is 6.76. The third-order valence-corrected chi connectivity index (χ3v) is 3.14. The molecule has 0 saturated carbocycles. The van der Waals surface area contributed by atoms with Crippen LogP contribution in [0, 0.1) is 5.92 Å².